The lowest BCUT2D eigenvalue weighted by Crippen LogP contribution is -2.14. The number of thioether (sulfide) groups is 1. The van der Waals surface area contributed by atoms with Gasteiger partial charge in [0.1, 0.15) is 0 Å². The zero-order chi connectivity index (χ0) is 15.2. The Kier molecular flexibility index (Phi) is 5.65. The molecule has 2 aromatic carbocycles. The quantitative estimate of drug-likeness (QED) is 0.579. The molecular weight excluding hydrogens is 346 g/mol. The molecule has 0 aromatic heterocycles. The van der Waals surface area contributed by atoms with Gasteiger partial charge in [0.05, 0.1) is 5.69 Å². The van der Waals surface area contributed by atoms with Gasteiger partial charge in [-0.1, -0.05) is 40.2 Å². The van der Waals surface area contributed by atoms with Crippen molar-refractivity contribution in [2.24, 2.45) is 0 Å². The van der Waals surface area contributed by atoms with Crippen molar-refractivity contribution in [2.75, 3.05) is 11.1 Å². The van der Waals surface area contributed by atoms with Crippen LogP contribution in [0.15, 0.2) is 64.5 Å². The van der Waals surface area contributed by atoms with E-state index in [0.717, 1.165) is 26.4 Å². The molecule has 0 heterocycles. The van der Waals surface area contributed by atoms with Gasteiger partial charge in [-0.3, -0.25) is 4.79 Å². The van der Waals surface area contributed by atoms with Crippen molar-refractivity contribution in [1.82, 2.24) is 0 Å². The summed E-state index contributed by atoms with van der Waals surface area (Å²) < 4.78 is 0.896. The number of anilines is 1. The molecule has 4 heteroatoms. The van der Waals surface area contributed by atoms with E-state index >= 15 is 0 Å². The highest BCUT2D eigenvalue weighted by Crippen LogP contribution is 2.27. The number of hydrogen-bond acceptors (Lipinski definition) is 2. The van der Waals surface area contributed by atoms with Gasteiger partial charge in [0.15, 0.2) is 0 Å². The molecule has 1 amide bonds. The van der Waals surface area contributed by atoms with Crippen LogP contribution in [-0.2, 0) is 0 Å². The predicted octanol–water partition coefficient (Wildman–Crippen LogP) is 5.29. The Morgan fingerprint density at radius 2 is 2.10 bits per heavy atom. The number of para-hydroxylation sites is 1. The summed E-state index contributed by atoms with van der Waals surface area (Å²) in [5.41, 5.74) is 2.45. The lowest BCUT2D eigenvalue weighted by atomic mass is 10.1. The van der Waals surface area contributed by atoms with Crippen LogP contribution in [0, 0.1) is 6.92 Å². The van der Waals surface area contributed by atoms with Crippen molar-refractivity contribution in [2.45, 2.75) is 11.8 Å². The number of amides is 1. The molecule has 21 heavy (non-hydrogen) atoms. The summed E-state index contributed by atoms with van der Waals surface area (Å²) in [6.07, 6.45) is 1.85. The molecule has 0 spiro atoms. The van der Waals surface area contributed by atoms with E-state index in [1.807, 2.05) is 55.5 Å². The highest BCUT2D eigenvalue weighted by atomic mass is 79.9. The van der Waals surface area contributed by atoms with Crippen molar-refractivity contribution in [3.8, 4) is 0 Å². The third-order valence-electron chi connectivity index (χ3n) is 2.94. The van der Waals surface area contributed by atoms with Crippen molar-refractivity contribution >= 4 is 39.3 Å². The van der Waals surface area contributed by atoms with Gasteiger partial charge >= 0.3 is 0 Å². The van der Waals surface area contributed by atoms with E-state index < -0.39 is 0 Å². The maximum atomic E-state index is 12.5. The van der Waals surface area contributed by atoms with Crippen molar-refractivity contribution in [3.05, 3.63) is 70.7 Å². The van der Waals surface area contributed by atoms with E-state index in [9.17, 15) is 4.79 Å². The largest absolute Gasteiger partial charge is 0.321 e. The number of nitrogens with one attached hydrogen (secondary N) is 1. The van der Waals surface area contributed by atoms with Gasteiger partial charge in [-0.25, -0.2) is 0 Å². The molecule has 0 saturated carbocycles. The Hall–Kier alpha value is -1.52. The van der Waals surface area contributed by atoms with Crippen LogP contribution in [0.1, 0.15) is 15.9 Å². The Morgan fingerprint density at radius 3 is 2.86 bits per heavy atom. The molecule has 0 bridgehead atoms. The maximum Gasteiger partial charge on any atom is 0.255 e. The Bertz CT molecular complexity index is 670. The molecule has 2 nitrogen and oxygen atoms in total. The fourth-order valence-electron chi connectivity index (χ4n) is 1.87. The lowest BCUT2D eigenvalue weighted by molar-refractivity contribution is 0.102. The molecule has 0 aliphatic rings. The molecule has 0 saturated heterocycles. The molecule has 0 atom stereocenters. The van der Waals surface area contributed by atoms with E-state index in [1.165, 1.54) is 0 Å². The van der Waals surface area contributed by atoms with Gasteiger partial charge < -0.3 is 5.32 Å². The van der Waals surface area contributed by atoms with Crippen LogP contribution in [0.5, 0.6) is 0 Å². The zero-order valence-electron chi connectivity index (χ0n) is 11.7. The molecule has 0 aliphatic heterocycles. The van der Waals surface area contributed by atoms with Crippen molar-refractivity contribution in [1.29, 1.82) is 0 Å². The fourth-order valence-corrected chi connectivity index (χ4v) is 2.98. The van der Waals surface area contributed by atoms with Crippen molar-refractivity contribution in [3.63, 3.8) is 0 Å². The normalized spacial score (nSPS) is 10.2. The van der Waals surface area contributed by atoms with Crippen LogP contribution in [-0.4, -0.2) is 11.7 Å². The van der Waals surface area contributed by atoms with E-state index in [2.05, 4.69) is 27.8 Å². The Balaban J connectivity index is 2.23. The third kappa shape index (κ3) is 4.22. The van der Waals surface area contributed by atoms with Gasteiger partial charge in [-0.2, -0.15) is 0 Å². The SMILES string of the molecule is C=CCSc1ccccc1NC(=O)c1cc(Br)ccc1C. The fraction of sp³-hybridized carbons (Fsp3) is 0.118. The van der Waals surface area contributed by atoms with Gasteiger partial charge in [0.25, 0.3) is 5.91 Å². The van der Waals surface area contributed by atoms with Crippen LogP contribution >= 0.6 is 27.7 Å². The summed E-state index contributed by atoms with van der Waals surface area (Å²) in [4.78, 5) is 13.5. The van der Waals surface area contributed by atoms with Gasteiger partial charge in [0, 0.05) is 20.7 Å². The average Bonchev–Trinajstić information content (AvgIpc) is 2.48. The number of rotatable bonds is 5. The van der Waals surface area contributed by atoms with E-state index in [1.54, 1.807) is 11.8 Å². The monoisotopic (exact) mass is 361 g/mol. The highest BCUT2D eigenvalue weighted by Gasteiger charge is 2.11. The van der Waals surface area contributed by atoms with Gasteiger partial charge in [-0.05, 0) is 36.8 Å². The first kappa shape index (κ1) is 15.9. The van der Waals surface area contributed by atoms with Gasteiger partial charge in [-0.15, -0.1) is 18.3 Å². The topological polar surface area (TPSA) is 29.1 Å². The van der Waals surface area contributed by atoms with Crippen LogP contribution < -0.4 is 5.32 Å². The predicted molar refractivity (Wildman–Crippen MR) is 94.2 cm³/mol. The summed E-state index contributed by atoms with van der Waals surface area (Å²) in [6.45, 7) is 5.65. The number of benzene rings is 2. The minimum atomic E-state index is -0.0968. The first-order valence-electron chi connectivity index (χ1n) is 6.52. The zero-order valence-corrected chi connectivity index (χ0v) is 14.1. The first-order valence-corrected chi connectivity index (χ1v) is 8.30. The summed E-state index contributed by atoms with van der Waals surface area (Å²) in [5, 5.41) is 2.99. The summed E-state index contributed by atoms with van der Waals surface area (Å²) in [6, 6.07) is 13.5. The second kappa shape index (κ2) is 7.48. The lowest BCUT2D eigenvalue weighted by Gasteiger charge is -2.11. The minimum Gasteiger partial charge on any atom is -0.321 e. The molecule has 0 aliphatic carbocycles. The smallest absolute Gasteiger partial charge is 0.255 e. The van der Waals surface area contributed by atoms with Crippen LogP contribution in [0.25, 0.3) is 0 Å². The Labute approximate surface area is 137 Å². The summed E-state index contributed by atoms with van der Waals surface area (Å²) >= 11 is 5.05. The molecule has 0 fully saturated rings. The minimum absolute atomic E-state index is 0.0968. The molecule has 2 rings (SSSR count). The van der Waals surface area contributed by atoms with E-state index in [0.29, 0.717) is 5.56 Å². The molecule has 2 aromatic rings. The van der Waals surface area contributed by atoms with Crippen molar-refractivity contribution < 1.29 is 4.79 Å². The van der Waals surface area contributed by atoms with Crippen LogP contribution in [0.4, 0.5) is 5.69 Å². The Morgan fingerprint density at radius 1 is 1.33 bits per heavy atom. The molecule has 1 N–H and O–H groups in total. The first-order chi connectivity index (χ1) is 10.1. The number of hydrogen-bond donors (Lipinski definition) is 1. The highest BCUT2D eigenvalue weighted by molar-refractivity contribution is 9.10. The van der Waals surface area contributed by atoms with E-state index in [-0.39, 0.29) is 5.91 Å². The van der Waals surface area contributed by atoms with Gasteiger partial charge in [0.2, 0.25) is 0 Å². The number of carbonyl (C=O) groups excluding carboxylic acids is 1. The average molecular weight is 362 g/mol. The maximum absolute atomic E-state index is 12.5. The van der Waals surface area contributed by atoms with Crippen LogP contribution in [0.2, 0.25) is 0 Å². The molecule has 108 valence electrons. The second-order valence-electron chi connectivity index (χ2n) is 4.51. The molecular formula is C17H16BrNOS. The molecule has 0 unspecified atom stereocenters. The van der Waals surface area contributed by atoms with E-state index in [4.69, 9.17) is 0 Å². The third-order valence-corrected chi connectivity index (χ3v) is 4.50. The standard InChI is InChI=1S/C17H16BrNOS/c1-3-10-21-16-7-5-4-6-15(16)19-17(20)14-11-13(18)9-8-12(14)2/h3-9,11H,1,10H2,2H3,(H,19,20). The number of carbonyl (C=O) groups is 1. The summed E-state index contributed by atoms with van der Waals surface area (Å²) in [5.74, 6) is 0.712. The molecule has 0 radical (unpaired) electrons. The second-order valence-corrected chi connectivity index (χ2v) is 6.49. The number of aryl methyl sites for hydroxylation is 1. The summed E-state index contributed by atoms with van der Waals surface area (Å²) in [7, 11) is 0. The van der Waals surface area contributed by atoms with Crippen LogP contribution in [0.3, 0.4) is 0 Å². The number of halogens is 1.